The van der Waals surface area contributed by atoms with E-state index >= 15 is 0 Å². The molecule has 1 heterocycles. The molecule has 0 aliphatic rings. The maximum atomic E-state index is 12.7. The number of rotatable bonds is 8. The molecule has 30 heavy (non-hydrogen) atoms. The van der Waals surface area contributed by atoms with Crippen molar-refractivity contribution >= 4 is 40.9 Å². The molecular formula is C22H22Cl2N4OS. The Kier molecular flexibility index (Phi) is 7.58. The predicted octanol–water partition coefficient (Wildman–Crippen LogP) is 5.86. The van der Waals surface area contributed by atoms with Gasteiger partial charge in [0.05, 0.1) is 16.1 Å². The molecule has 0 spiro atoms. The first-order valence-electron chi connectivity index (χ1n) is 9.38. The molecule has 1 N–H and O–H groups in total. The van der Waals surface area contributed by atoms with E-state index in [1.165, 1.54) is 11.8 Å². The molecule has 0 saturated carbocycles. The topological polar surface area (TPSA) is 59.8 Å². The number of benzene rings is 2. The van der Waals surface area contributed by atoms with Crippen LogP contribution in [0.3, 0.4) is 0 Å². The maximum Gasteiger partial charge on any atom is 0.252 e. The zero-order valence-electron chi connectivity index (χ0n) is 16.7. The van der Waals surface area contributed by atoms with Crippen LogP contribution in [0.1, 0.15) is 40.3 Å². The first-order chi connectivity index (χ1) is 14.4. The maximum absolute atomic E-state index is 12.7. The van der Waals surface area contributed by atoms with E-state index in [9.17, 15) is 4.79 Å². The molecule has 0 bridgehead atoms. The summed E-state index contributed by atoms with van der Waals surface area (Å²) in [5.74, 6) is 1.20. The SMILES string of the molecule is C=CCn1c(SCc2ccc(Cl)c(Cl)c2)nnc1[C@H](C)NC(=O)c1ccccc1C. The largest absolute Gasteiger partial charge is 0.342 e. The molecule has 3 aromatic rings. The van der Waals surface area contributed by atoms with Crippen molar-refractivity contribution in [3.8, 4) is 0 Å². The molecule has 1 aromatic heterocycles. The quantitative estimate of drug-likeness (QED) is 0.337. The summed E-state index contributed by atoms with van der Waals surface area (Å²) in [4.78, 5) is 12.7. The van der Waals surface area contributed by atoms with E-state index in [4.69, 9.17) is 23.2 Å². The number of hydrogen-bond acceptors (Lipinski definition) is 4. The van der Waals surface area contributed by atoms with Crippen molar-refractivity contribution in [2.75, 3.05) is 0 Å². The van der Waals surface area contributed by atoms with Crippen LogP contribution in [0.4, 0.5) is 0 Å². The number of nitrogens with zero attached hydrogens (tertiary/aromatic N) is 3. The Morgan fingerprint density at radius 3 is 2.70 bits per heavy atom. The lowest BCUT2D eigenvalue weighted by atomic mass is 10.1. The fraction of sp³-hybridized carbons (Fsp3) is 0.227. The summed E-state index contributed by atoms with van der Waals surface area (Å²) < 4.78 is 1.96. The van der Waals surface area contributed by atoms with E-state index in [0.29, 0.717) is 33.7 Å². The number of aryl methyl sites for hydroxylation is 1. The molecule has 156 valence electrons. The standard InChI is InChI=1S/C22H22Cl2N4OS/c1-4-11-28-20(15(3)25-21(29)17-8-6-5-7-14(17)2)26-27-22(28)30-13-16-9-10-18(23)19(24)12-16/h4-10,12,15H,1,11,13H2,2-3H3,(H,25,29)/t15-/m0/s1. The predicted molar refractivity (Wildman–Crippen MR) is 123 cm³/mol. The highest BCUT2D eigenvalue weighted by Crippen LogP contribution is 2.28. The van der Waals surface area contributed by atoms with Gasteiger partial charge in [-0.1, -0.05) is 65.3 Å². The number of hydrogen-bond donors (Lipinski definition) is 1. The van der Waals surface area contributed by atoms with Crippen LogP contribution in [-0.2, 0) is 12.3 Å². The van der Waals surface area contributed by atoms with Crippen LogP contribution in [0.5, 0.6) is 0 Å². The van der Waals surface area contributed by atoms with Gasteiger partial charge in [-0.2, -0.15) is 0 Å². The number of aromatic nitrogens is 3. The van der Waals surface area contributed by atoms with Crippen LogP contribution < -0.4 is 5.32 Å². The Morgan fingerprint density at radius 1 is 1.23 bits per heavy atom. The van der Waals surface area contributed by atoms with Crippen LogP contribution in [-0.4, -0.2) is 20.7 Å². The number of halogens is 2. The minimum Gasteiger partial charge on any atom is -0.342 e. The van der Waals surface area contributed by atoms with Crippen molar-refractivity contribution in [3.63, 3.8) is 0 Å². The second-order valence-corrected chi connectivity index (χ2v) is 8.54. The van der Waals surface area contributed by atoms with Gasteiger partial charge in [0.1, 0.15) is 0 Å². The summed E-state index contributed by atoms with van der Waals surface area (Å²) in [6, 6.07) is 12.7. The number of allylic oxidation sites excluding steroid dienone is 1. The highest BCUT2D eigenvalue weighted by molar-refractivity contribution is 7.98. The smallest absolute Gasteiger partial charge is 0.252 e. The average molecular weight is 461 g/mol. The van der Waals surface area contributed by atoms with Crippen molar-refractivity contribution in [3.05, 3.63) is 87.7 Å². The van der Waals surface area contributed by atoms with E-state index < -0.39 is 0 Å². The second kappa shape index (κ2) is 10.2. The molecule has 0 saturated heterocycles. The zero-order chi connectivity index (χ0) is 21.7. The lowest BCUT2D eigenvalue weighted by Crippen LogP contribution is -2.29. The first-order valence-corrected chi connectivity index (χ1v) is 11.1. The lowest BCUT2D eigenvalue weighted by Gasteiger charge is -2.16. The number of nitrogens with one attached hydrogen (secondary N) is 1. The Labute approximate surface area is 190 Å². The molecule has 0 aliphatic carbocycles. The van der Waals surface area contributed by atoms with Gasteiger partial charge in [-0.3, -0.25) is 4.79 Å². The summed E-state index contributed by atoms with van der Waals surface area (Å²) >= 11 is 13.6. The van der Waals surface area contributed by atoms with Crippen LogP contribution in [0.2, 0.25) is 10.0 Å². The fourth-order valence-corrected chi connectivity index (χ4v) is 4.19. The summed E-state index contributed by atoms with van der Waals surface area (Å²) in [5.41, 5.74) is 2.60. The molecule has 0 radical (unpaired) electrons. The Hall–Kier alpha value is -2.28. The van der Waals surface area contributed by atoms with Crippen molar-refractivity contribution < 1.29 is 4.79 Å². The van der Waals surface area contributed by atoms with Gasteiger partial charge in [-0.25, -0.2) is 0 Å². The molecular weight excluding hydrogens is 439 g/mol. The highest BCUT2D eigenvalue weighted by Gasteiger charge is 2.20. The van der Waals surface area contributed by atoms with Gasteiger partial charge < -0.3 is 9.88 Å². The van der Waals surface area contributed by atoms with Crippen LogP contribution in [0.25, 0.3) is 0 Å². The summed E-state index contributed by atoms with van der Waals surface area (Å²) in [7, 11) is 0. The summed E-state index contributed by atoms with van der Waals surface area (Å²) in [6.07, 6.45) is 1.78. The zero-order valence-corrected chi connectivity index (χ0v) is 19.1. The molecule has 3 rings (SSSR count). The number of amides is 1. The molecule has 8 heteroatoms. The van der Waals surface area contributed by atoms with Gasteiger partial charge >= 0.3 is 0 Å². The number of carbonyl (C=O) groups excluding carboxylic acids is 1. The normalized spacial score (nSPS) is 11.9. The van der Waals surface area contributed by atoms with Crippen molar-refractivity contribution in [1.29, 1.82) is 0 Å². The minimum absolute atomic E-state index is 0.140. The van der Waals surface area contributed by atoms with Gasteiger partial charge in [-0.05, 0) is 43.2 Å². The molecule has 1 atom stereocenters. The van der Waals surface area contributed by atoms with Gasteiger partial charge in [-0.15, -0.1) is 16.8 Å². The van der Waals surface area contributed by atoms with E-state index in [2.05, 4.69) is 22.1 Å². The van der Waals surface area contributed by atoms with Crippen LogP contribution >= 0.6 is 35.0 Å². The van der Waals surface area contributed by atoms with Gasteiger partial charge in [0.15, 0.2) is 11.0 Å². The second-order valence-electron chi connectivity index (χ2n) is 6.79. The third-order valence-corrected chi connectivity index (χ3v) is 6.31. The molecule has 5 nitrogen and oxygen atoms in total. The third kappa shape index (κ3) is 5.25. The first kappa shape index (κ1) is 22.4. The number of thioether (sulfide) groups is 1. The summed E-state index contributed by atoms with van der Waals surface area (Å²) in [6.45, 7) is 8.18. The number of carbonyl (C=O) groups is 1. The molecule has 0 fully saturated rings. The van der Waals surface area contributed by atoms with Gasteiger partial charge in [0.25, 0.3) is 5.91 Å². The van der Waals surface area contributed by atoms with E-state index in [0.717, 1.165) is 16.3 Å². The van der Waals surface area contributed by atoms with Crippen LogP contribution in [0, 0.1) is 6.92 Å². The molecule has 0 aliphatic heterocycles. The van der Waals surface area contributed by atoms with Gasteiger partial charge in [0.2, 0.25) is 0 Å². The fourth-order valence-electron chi connectivity index (χ4n) is 2.97. The Morgan fingerprint density at radius 2 is 2.00 bits per heavy atom. The molecule has 0 unspecified atom stereocenters. The van der Waals surface area contributed by atoms with E-state index in [-0.39, 0.29) is 11.9 Å². The lowest BCUT2D eigenvalue weighted by molar-refractivity contribution is 0.0937. The minimum atomic E-state index is -0.316. The molecule has 1 amide bonds. The van der Waals surface area contributed by atoms with Crippen molar-refractivity contribution in [2.45, 2.75) is 37.3 Å². The van der Waals surface area contributed by atoms with Crippen molar-refractivity contribution in [2.24, 2.45) is 0 Å². The Bertz CT molecular complexity index is 1070. The van der Waals surface area contributed by atoms with Crippen molar-refractivity contribution in [1.82, 2.24) is 20.1 Å². The van der Waals surface area contributed by atoms with Gasteiger partial charge in [0, 0.05) is 17.9 Å². The molecule has 2 aromatic carbocycles. The third-order valence-electron chi connectivity index (χ3n) is 4.53. The van der Waals surface area contributed by atoms with E-state index in [1.54, 1.807) is 12.1 Å². The monoisotopic (exact) mass is 460 g/mol. The Balaban J connectivity index is 1.75. The highest BCUT2D eigenvalue weighted by atomic mass is 35.5. The average Bonchev–Trinajstić information content (AvgIpc) is 3.12. The van der Waals surface area contributed by atoms with E-state index in [1.807, 2.05) is 54.8 Å². The summed E-state index contributed by atoms with van der Waals surface area (Å²) in [5, 5.41) is 13.5. The van der Waals surface area contributed by atoms with Crippen LogP contribution in [0.15, 0.2) is 60.3 Å².